The van der Waals surface area contributed by atoms with Crippen LogP contribution in [0.15, 0.2) is 0 Å². The van der Waals surface area contributed by atoms with Crippen molar-refractivity contribution < 1.29 is 9.53 Å². The normalized spacial score (nSPS) is 14.8. The minimum Gasteiger partial charge on any atom is -0.384 e. The molecule has 0 aliphatic carbocycles. The average molecular weight is 256 g/mol. The molecular weight excluding hydrogens is 224 g/mol. The van der Waals surface area contributed by atoms with Crippen molar-refractivity contribution in [3.05, 3.63) is 0 Å². The van der Waals surface area contributed by atoms with Gasteiger partial charge >= 0.3 is 0 Å². The number of hydrogen-bond donors (Lipinski definition) is 0. The first kappa shape index (κ1) is 17.6. The molecule has 0 bridgehead atoms. The number of rotatable bonds is 11. The third-order valence-corrected chi connectivity index (χ3v) is 3.83. The summed E-state index contributed by atoms with van der Waals surface area (Å²) in [6, 6.07) is 0. The number of Topliss-reactive ketones (excluding diaryl/α,β-unsaturated/α-hetero) is 1. The maximum absolute atomic E-state index is 12.2. The number of unbranched alkanes of at least 4 members (excludes halogenated alkanes) is 1. The Labute approximate surface area is 113 Å². The molecule has 0 saturated heterocycles. The minimum atomic E-state index is 0.249. The van der Waals surface area contributed by atoms with E-state index in [-0.39, 0.29) is 5.92 Å². The first-order valence-electron chi connectivity index (χ1n) is 7.58. The van der Waals surface area contributed by atoms with E-state index >= 15 is 0 Å². The second-order valence-electron chi connectivity index (χ2n) is 5.73. The van der Waals surface area contributed by atoms with E-state index in [0.29, 0.717) is 17.6 Å². The van der Waals surface area contributed by atoms with Crippen LogP contribution < -0.4 is 0 Å². The average Bonchev–Trinajstić information content (AvgIpc) is 2.33. The van der Waals surface area contributed by atoms with Crippen LogP contribution in [-0.4, -0.2) is 19.5 Å². The lowest BCUT2D eigenvalue weighted by Gasteiger charge is -2.20. The van der Waals surface area contributed by atoms with Gasteiger partial charge in [-0.15, -0.1) is 0 Å². The van der Waals surface area contributed by atoms with E-state index in [1.54, 1.807) is 7.11 Å². The van der Waals surface area contributed by atoms with Gasteiger partial charge in [-0.05, 0) is 31.1 Å². The Balaban J connectivity index is 4.11. The standard InChI is InChI=1S/C16H32O2/c1-6-8-9-14(12-18-5)10-11-16(17)15(7-2)13(3)4/h13-15H,6-12H2,1-5H3. The molecule has 0 amide bonds. The summed E-state index contributed by atoms with van der Waals surface area (Å²) in [5.74, 6) is 1.73. The fourth-order valence-electron chi connectivity index (χ4n) is 2.64. The molecule has 0 rings (SSSR count). The predicted octanol–water partition coefficient (Wildman–Crippen LogP) is 4.47. The lowest BCUT2D eigenvalue weighted by molar-refractivity contribution is -0.124. The molecule has 2 unspecified atom stereocenters. The van der Waals surface area contributed by atoms with E-state index in [0.717, 1.165) is 25.9 Å². The van der Waals surface area contributed by atoms with Gasteiger partial charge in [-0.1, -0.05) is 40.5 Å². The first-order chi connectivity index (χ1) is 8.56. The van der Waals surface area contributed by atoms with Crippen LogP contribution in [0.2, 0.25) is 0 Å². The number of ketones is 1. The summed E-state index contributed by atoms with van der Waals surface area (Å²) in [5, 5.41) is 0. The molecular formula is C16H32O2. The molecule has 0 radical (unpaired) electrons. The van der Waals surface area contributed by atoms with Gasteiger partial charge < -0.3 is 4.74 Å². The monoisotopic (exact) mass is 256 g/mol. The molecule has 0 aromatic carbocycles. The van der Waals surface area contributed by atoms with Crippen molar-refractivity contribution in [2.75, 3.05) is 13.7 Å². The molecule has 0 saturated carbocycles. The van der Waals surface area contributed by atoms with Crippen molar-refractivity contribution in [3.8, 4) is 0 Å². The Morgan fingerprint density at radius 3 is 2.28 bits per heavy atom. The summed E-state index contributed by atoms with van der Waals surface area (Å²) in [4.78, 5) is 12.2. The number of carbonyl (C=O) groups is 1. The fraction of sp³-hybridized carbons (Fsp3) is 0.938. The van der Waals surface area contributed by atoms with Crippen LogP contribution in [0.1, 0.15) is 66.2 Å². The fourth-order valence-corrected chi connectivity index (χ4v) is 2.64. The zero-order chi connectivity index (χ0) is 14.0. The van der Waals surface area contributed by atoms with Crippen LogP contribution in [0.4, 0.5) is 0 Å². The van der Waals surface area contributed by atoms with Crippen molar-refractivity contribution in [3.63, 3.8) is 0 Å². The van der Waals surface area contributed by atoms with Crippen LogP contribution >= 0.6 is 0 Å². The highest BCUT2D eigenvalue weighted by atomic mass is 16.5. The molecule has 108 valence electrons. The molecule has 0 aliphatic heterocycles. The first-order valence-corrected chi connectivity index (χ1v) is 7.58. The SMILES string of the molecule is CCCCC(CCC(=O)C(CC)C(C)C)COC. The number of ether oxygens (including phenoxy) is 1. The Kier molecular flexibility index (Phi) is 10.3. The zero-order valence-corrected chi connectivity index (χ0v) is 13.0. The smallest absolute Gasteiger partial charge is 0.136 e. The number of methoxy groups -OCH3 is 1. The van der Waals surface area contributed by atoms with Crippen molar-refractivity contribution in [1.29, 1.82) is 0 Å². The molecule has 2 nitrogen and oxygen atoms in total. The largest absolute Gasteiger partial charge is 0.384 e. The molecule has 2 heteroatoms. The highest BCUT2D eigenvalue weighted by molar-refractivity contribution is 5.81. The third kappa shape index (κ3) is 7.15. The Bertz CT molecular complexity index is 211. The quantitative estimate of drug-likeness (QED) is 0.545. The van der Waals surface area contributed by atoms with E-state index in [1.165, 1.54) is 19.3 Å². The van der Waals surface area contributed by atoms with Gasteiger partial charge in [-0.3, -0.25) is 4.79 Å². The van der Waals surface area contributed by atoms with E-state index in [2.05, 4.69) is 27.7 Å². The van der Waals surface area contributed by atoms with Crippen LogP contribution in [0.25, 0.3) is 0 Å². The summed E-state index contributed by atoms with van der Waals surface area (Å²) < 4.78 is 5.26. The summed E-state index contributed by atoms with van der Waals surface area (Å²) in [6.45, 7) is 9.42. The van der Waals surface area contributed by atoms with Gasteiger partial charge in [0, 0.05) is 26.1 Å². The van der Waals surface area contributed by atoms with Crippen LogP contribution in [0.3, 0.4) is 0 Å². The lowest BCUT2D eigenvalue weighted by Crippen LogP contribution is -2.21. The Morgan fingerprint density at radius 2 is 1.83 bits per heavy atom. The van der Waals surface area contributed by atoms with Gasteiger partial charge in [0.1, 0.15) is 5.78 Å². The minimum absolute atomic E-state index is 0.249. The topological polar surface area (TPSA) is 26.3 Å². The van der Waals surface area contributed by atoms with E-state index in [9.17, 15) is 4.79 Å². The van der Waals surface area contributed by atoms with Gasteiger partial charge in [0.15, 0.2) is 0 Å². The van der Waals surface area contributed by atoms with Crippen LogP contribution in [0, 0.1) is 17.8 Å². The molecule has 0 aromatic heterocycles. The van der Waals surface area contributed by atoms with Crippen LogP contribution in [-0.2, 0) is 9.53 Å². The Hall–Kier alpha value is -0.370. The van der Waals surface area contributed by atoms with E-state index < -0.39 is 0 Å². The molecule has 0 N–H and O–H groups in total. The van der Waals surface area contributed by atoms with Gasteiger partial charge in [0.25, 0.3) is 0 Å². The van der Waals surface area contributed by atoms with E-state index in [4.69, 9.17) is 4.74 Å². The molecule has 0 spiro atoms. The van der Waals surface area contributed by atoms with Crippen molar-refractivity contribution >= 4 is 5.78 Å². The van der Waals surface area contributed by atoms with Gasteiger partial charge in [-0.2, -0.15) is 0 Å². The highest BCUT2D eigenvalue weighted by Gasteiger charge is 2.20. The summed E-state index contributed by atoms with van der Waals surface area (Å²) >= 11 is 0. The number of hydrogen-bond acceptors (Lipinski definition) is 2. The van der Waals surface area contributed by atoms with Gasteiger partial charge in [0.05, 0.1) is 0 Å². The Morgan fingerprint density at radius 1 is 1.17 bits per heavy atom. The van der Waals surface area contributed by atoms with Gasteiger partial charge in [0.2, 0.25) is 0 Å². The number of carbonyl (C=O) groups excluding carboxylic acids is 1. The molecule has 2 atom stereocenters. The summed E-state index contributed by atoms with van der Waals surface area (Å²) in [6.07, 6.45) is 6.35. The second-order valence-corrected chi connectivity index (χ2v) is 5.73. The lowest BCUT2D eigenvalue weighted by atomic mass is 9.85. The zero-order valence-electron chi connectivity index (χ0n) is 13.0. The van der Waals surface area contributed by atoms with Crippen LogP contribution in [0.5, 0.6) is 0 Å². The molecule has 0 aliphatic rings. The molecule has 0 aromatic rings. The summed E-state index contributed by atoms with van der Waals surface area (Å²) in [7, 11) is 1.75. The summed E-state index contributed by atoms with van der Waals surface area (Å²) in [5.41, 5.74) is 0. The third-order valence-electron chi connectivity index (χ3n) is 3.83. The predicted molar refractivity (Wildman–Crippen MR) is 77.8 cm³/mol. The maximum Gasteiger partial charge on any atom is 0.136 e. The van der Waals surface area contributed by atoms with E-state index in [1.807, 2.05) is 0 Å². The highest BCUT2D eigenvalue weighted by Crippen LogP contribution is 2.22. The molecule has 18 heavy (non-hydrogen) atoms. The van der Waals surface area contributed by atoms with Crippen molar-refractivity contribution in [2.45, 2.75) is 66.2 Å². The molecule has 0 heterocycles. The maximum atomic E-state index is 12.2. The second kappa shape index (κ2) is 10.5. The van der Waals surface area contributed by atoms with Crippen molar-refractivity contribution in [2.24, 2.45) is 17.8 Å². The molecule has 0 fully saturated rings. The van der Waals surface area contributed by atoms with Gasteiger partial charge in [-0.25, -0.2) is 0 Å². The van der Waals surface area contributed by atoms with Crippen molar-refractivity contribution in [1.82, 2.24) is 0 Å².